The lowest BCUT2D eigenvalue weighted by molar-refractivity contribution is -0.119. The third-order valence-electron chi connectivity index (χ3n) is 3.90. The highest BCUT2D eigenvalue weighted by Gasteiger charge is 2.50. The van der Waals surface area contributed by atoms with E-state index in [1.54, 1.807) is 0 Å². The zero-order valence-electron chi connectivity index (χ0n) is 11.7. The molecule has 0 bridgehead atoms. The number of amides is 1. The van der Waals surface area contributed by atoms with E-state index in [0.717, 1.165) is 17.7 Å². The van der Waals surface area contributed by atoms with Crippen LogP contribution < -0.4 is 5.32 Å². The Balaban J connectivity index is 1.80. The monoisotopic (exact) mass is 276 g/mol. The molecule has 21 heavy (non-hydrogen) atoms. The van der Waals surface area contributed by atoms with Gasteiger partial charge in [-0.05, 0) is 36.5 Å². The normalized spacial score (nSPS) is 15.0. The van der Waals surface area contributed by atoms with Crippen LogP contribution in [0.1, 0.15) is 24.0 Å². The van der Waals surface area contributed by atoms with Crippen molar-refractivity contribution in [2.75, 3.05) is 5.32 Å². The van der Waals surface area contributed by atoms with Crippen molar-refractivity contribution in [2.24, 2.45) is 5.41 Å². The van der Waals surface area contributed by atoms with Crippen molar-refractivity contribution in [1.82, 2.24) is 0 Å². The average Bonchev–Trinajstić information content (AvgIpc) is 3.31. The Hall–Kier alpha value is -2.60. The van der Waals surface area contributed by atoms with E-state index in [9.17, 15) is 4.79 Å². The zero-order valence-corrected chi connectivity index (χ0v) is 11.7. The SMILES string of the molecule is N#CC1(C(=O)Nc2ccccc2Cc2ccccc2)CC1. The second-order valence-electron chi connectivity index (χ2n) is 5.47. The predicted octanol–water partition coefficient (Wildman–Crippen LogP) is 3.52. The Kier molecular flexibility index (Phi) is 3.45. The first-order valence-electron chi connectivity index (χ1n) is 7.08. The van der Waals surface area contributed by atoms with Gasteiger partial charge in [-0.1, -0.05) is 48.5 Å². The highest BCUT2D eigenvalue weighted by Crippen LogP contribution is 2.45. The van der Waals surface area contributed by atoms with Crippen LogP contribution in [0.3, 0.4) is 0 Å². The number of nitriles is 1. The first kappa shape index (κ1) is 13.4. The molecule has 2 aromatic rings. The lowest BCUT2D eigenvalue weighted by atomic mass is 10.0. The van der Waals surface area contributed by atoms with Crippen molar-refractivity contribution in [2.45, 2.75) is 19.3 Å². The summed E-state index contributed by atoms with van der Waals surface area (Å²) in [6.07, 6.45) is 2.09. The summed E-state index contributed by atoms with van der Waals surface area (Å²) in [6, 6.07) is 20.0. The molecule has 2 aromatic carbocycles. The van der Waals surface area contributed by atoms with Gasteiger partial charge in [0.2, 0.25) is 5.91 Å². The highest BCUT2D eigenvalue weighted by atomic mass is 16.2. The molecule has 3 nitrogen and oxygen atoms in total. The van der Waals surface area contributed by atoms with Gasteiger partial charge in [0.05, 0.1) is 6.07 Å². The summed E-state index contributed by atoms with van der Waals surface area (Å²) < 4.78 is 0. The van der Waals surface area contributed by atoms with Crippen LogP contribution in [-0.4, -0.2) is 5.91 Å². The van der Waals surface area contributed by atoms with Gasteiger partial charge in [0.15, 0.2) is 0 Å². The molecular weight excluding hydrogens is 260 g/mol. The van der Waals surface area contributed by atoms with E-state index in [-0.39, 0.29) is 5.91 Å². The summed E-state index contributed by atoms with van der Waals surface area (Å²) >= 11 is 0. The molecular formula is C18H16N2O. The first-order valence-corrected chi connectivity index (χ1v) is 7.08. The number of carbonyl (C=O) groups is 1. The molecule has 0 heterocycles. The molecule has 1 saturated carbocycles. The minimum absolute atomic E-state index is 0.175. The third-order valence-corrected chi connectivity index (χ3v) is 3.90. The molecule has 0 aromatic heterocycles. The molecule has 1 aliphatic carbocycles. The quantitative estimate of drug-likeness (QED) is 0.929. The van der Waals surface area contributed by atoms with Crippen LogP contribution in [-0.2, 0) is 11.2 Å². The van der Waals surface area contributed by atoms with E-state index >= 15 is 0 Å². The standard InChI is InChI=1S/C18H16N2O/c19-13-18(10-11-18)17(21)20-16-9-5-4-8-15(16)12-14-6-2-1-3-7-14/h1-9H,10-12H2,(H,20,21). The minimum atomic E-state index is -0.792. The third kappa shape index (κ3) is 2.80. The Morgan fingerprint density at radius 2 is 1.76 bits per heavy atom. The van der Waals surface area contributed by atoms with Crippen LogP contribution in [0.2, 0.25) is 0 Å². The maximum atomic E-state index is 12.2. The predicted molar refractivity (Wildman–Crippen MR) is 81.6 cm³/mol. The minimum Gasteiger partial charge on any atom is -0.324 e. The summed E-state index contributed by atoms with van der Waals surface area (Å²) in [4.78, 5) is 12.2. The maximum Gasteiger partial charge on any atom is 0.244 e. The Morgan fingerprint density at radius 3 is 2.43 bits per heavy atom. The van der Waals surface area contributed by atoms with E-state index in [4.69, 9.17) is 5.26 Å². The van der Waals surface area contributed by atoms with Gasteiger partial charge in [-0.15, -0.1) is 0 Å². The molecule has 0 saturated heterocycles. The highest BCUT2D eigenvalue weighted by molar-refractivity contribution is 5.99. The van der Waals surface area contributed by atoms with Gasteiger partial charge in [-0.2, -0.15) is 5.26 Å². The number of benzene rings is 2. The summed E-state index contributed by atoms with van der Waals surface area (Å²) in [6.45, 7) is 0. The number of carbonyl (C=O) groups excluding carboxylic acids is 1. The summed E-state index contributed by atoms with van der Waals surface area (Å²) in [7, 11) is 0. The fraction of sp³-hybridized carbons (Fsp3) is 0.222. The summed E-state index contributed by atoms with van der Waals surface area (Å²) in [5.74, 6) is -0.175. The van der Waals surface area contributed by atoms with Crippen LogP contribution in [0.4, 0.5) is 5.69 Å². The lowest BCUT2D eigenvalue weighted by Crippen LogP contribution is -2.23. The number of hydrogen-bond donors (Lipinski definition) is 1. The summed E-state index contributed by atoms with van der Waals surface area (Å²) in [5, 5.41) is 12.0. The number of hydrogen-bond acceptors (Lipinski definition) is 2. The van der Waals surface area contributed by atoms with Crippen molar-refractivity contribution in [1.29, 1.82) is 5.26 Å². The molecule has 0 atom stereocenters. The fourth-order valence-electron chi connectivity index (χ4n) is 2.37. The maximum absolute atomic E-state index is 12.2. The van der Waals surface area contributed by atoms with Gasteiger partial charge in [0, 0.05) is 5.69 Å². The number of nitrogens with zero attached hydrogens (tertiary/aromatic N) is 1. The van der Waals surface area contributed by atoms with Crippen molar-refractivity contribution in [3.8, 4) is 6.07 Å². The second-order valence-corrected chi connectivity index (χ2v) is 5.47. The van der Waals surface area contributed by atoms with Gasteiger partial charge in [0.25, 0.3) is 0 Å². The molecule has 0 unspecified atom stereocenters. The van der Waals surface area contributed by atoms with Crippen LogP contribution in [0, 0.1) is 16.7 Å². The Bertz CT molecular complexity index is 697. The molecule has 0 spiro atoms. The molecule has 0 aliphatic heterocycles. The molecule has 1 aliphatic rings. The molecule has 1 amide bonds. The van der Waals surface area contributed by atoms with Crippen LogP contribution in [0.25, 0.3) is 0 Å². The molecule has 3 heteroatoms. The van der Waals surface area contributed by atoms with Crippen molar-refractivity contribution < 1.29 is 4.79 Å². The van der Waals surface area contributed by atoms with Crippen molar-refractivity contribution in [3.05, 3.63) is 65.7 Å². The topological polar surface area (TPSA) is 52.9 Å². The van der Waals surface area contributed by atoms with E-state index in [2.05, 4.69) is 23.5 Å². The van der Waals surface area contributed by atoms with Crippen LogP contribution in [0.15, 0.2) is 54.6 Å². The fourth-order valence-corrected chi connectivity index (χ4v) is 2.37. The van der Waals surface area contributed by atoms with E-state index in [0.29, 0.717) is 12.8 Å². The molecule has 3 rings (SSSR count). The number of nitrogens with one attached hydrogen (secondary N) is 1. The molecule has 1 fully saturated rings. The number of anilines is 1. The first-order chi connectivity index (χ1) is 10.2. The van der Waals surface area contributed by atoms with Crippen molar-refractivity contribution >= 4 is 11.6 Å². The lowest BCUT2D eigenvalue weighted by Gasteiger charge is -2.13. The smallest absolute Gasteiger partial charge is 0.244 e. The summed E-state index contributed by atoms with van der Waals surface area (Å²) in [5.41, 5.74) is 2.26. The number of rotatable bonds is 4. The molecule has 0 radical (unpaired) electrons. The van der Waals surface area contributed by atoms with E-state index in [1.165, 1.54) is 5.56 Å². The Labute approximate surface area is 124 Å². The van der Waals surface area contributed by atoms with E-state index < -0.39 is 5.41 Å². The van der Waals surface area contributed by atoms with E-state index in [1.807, 2.05) is 42.5 Å². The largest absolute Gasteiger partial charge is 0.324 e. The van der Waals surface area contributed by atoms with Gasteiger partial charge in [0.1, 0.15) is 5.41 Å². The van der Waals surface area contributed by atoms with Crippen LogP contribution >= 0.6 is 0 Å². The van der Waals surface area contributed by atoms with Gasteiger partial charge >= 0.3 is 0 Å². The van der Waals surface area contributed by atoms with Gasteiger partial charge in [-0.3, -0.25) is 4.79 Å². The molecule has 1 N–H and O–H groups in total. The average molecular weight is 276 g/mol. The van der Waals surface area contributed by atoms with Crippen molar-refractivity contribution in [3.63, 3.8) is 0 Å². The van der Waals surface area contributed by atoms with Gasteiger partial charge in [-0.25, -0.2) is 0 Å². The Morgan fingerprint density at radius 1 is 1.10 bits per heavy atom. The molecule has 104 valence electrons. The number of para-hydroxylation sites is 1. The van der Waals surface area contributed by atoms with Gasteiger partial charge < -0.3 is 5.32 Å². The second kappa shape index (κ2) is 5.41. The zero-order chi connectivity index (χ0) is 14.7. The van der Waals surface area contributed by atoms with Crippen LogP contribution in [0.5, 0.6) is 0 Å².